The Morgan fingerprint density at radius 2 is 0.945 bits per heavy atom. The molecule has 0 aliphatic rings. The Kier molecular flexibility index (Phi) is 18.4. The summed E-state index contributed by atoms with van der Waals surface area (Å²) >= 11 is 0. The molecule has 0 aliphatic heterocycles. The molecule has 0 amide bonds. The first-order chi connectivity index (χ1) is 26.3. The van der Waals surface area contributed by atoms with Crippen molar-refractivity contribution in [3.63, 3.8) is 0 Å². The van der Waals surface area contributed by atoms with E-state index in [1.54, 1.807) is 0 Å². The first-order valence-electron chi connectivity index (χ1n) is 18.3. The van der Waals surface area contributed by atoms with Gasteiger partial charge in [0.1, 0.15) is 0 Å². The molecule has 0 atom stereocenters. The molecule has 6 aromatic carbocycles. The Morgan fingerprint density at radius 3 is 1.40 bits per heavy atom. The number of hydrogen-bond donors (Lipinski definition) is 0. The van der Waals surface area contributed by atoms with Gasteiger partial charge in [-0.25, -0.2) is 0 Å². The van der Waals surface area contributed by atoms with E-state index < -0.39 is 0 Å². The van der Waals surface area contributed by atoms with Gasteiger partial charge >= 0.3 is 26.2 Å². The minimum absolute atomic E-state index is 0. The van der Waals surface area contributed by atoms with Crippen LogP contribution >= 0.6 is 0 Å². The maximum absolute atomic E-state index is 4.91. The van der Waals surface area contributed by atoms with Crippen LogP contribution in [0.2, 0.25) is 0 Å². The van der Waals surface area contributed by atoms with Crippen molar-refractivity contribution in [2.24, 2.45) is 0 Å². The molecule has 8 aromatic rings. The molecule has 0 aliphatic carbocycles. The van der Waals surface area contributed by atoms with Crippen LogP contribution < -0.4 is 0 Å². The Balaban J connectivity index is 0.000000273. The van der Waals surface area contributed by atoms with Crippen LogP contribution in [-0.2, 0) is 26.2 Å². The van der Waals surface area contributed by atoms with Gasteiger partial charge in [0, 0.05) is 17.5 Å². The van der Waals surface area contributed by atoms with Gasteiger partial charge in [-0.3, -0.25) is 0 Å². The number of pyridine rings is 1. The van der Waals surface area contributed by atoms with E-state index in [2.05, 4.69) is 125 Å². The van der Waals surface area contributed by atoms with Crippen molar-refractivity contribution < 1.29 is 26.2 Å². The molecule has 0 N–H and O–H groups in total. The summed E-state index contributed by atoms with van der Waals surface area (Å²) in [6.07, 6.45) is 2.08. The predicted molar refractivity (Wildman–Crippen MR) is 234 cm³/mol. The maximum atomic E-state index is 4.91. The topological polar surface area (TPSA) is 31.9 Å². The van der Waals surface area contributed by atoms with Gasteiger partial charge in [-0.05, 0) is 72.3 Å². The first-order valence-corrected chi connectivity index (χ1v) is 18.3. The summed E-state index contributed by atoms with van der Waals surface area (Å²) in [7, 11) is 0. The van der Waals surface area contributed by atoms with Crippen LogP contribution in [0.4, 0.5) is 11.5 Å². The molecule has 2 heterocycles. The minimum Gasteiger partial charge on any atom is -0.436 e. The van der Waals surface area contributed by atoms with Gasteiger partial charge in [0.25, 0.3) is 0 Å². The number of rotatable bonds is 4. The summed E-state index contributed by atoms with van der Waals surface area (Å²) in [6.45, 7) is 21.5. The van der Waals surface area contributed by atoms with E-state index in [9.17, 15) is 0 Å². The number of nitrogens with zero attached hydrogens (tertiary/aromatic N) is 3. The summed E-state index contributed by atoms with van der Waals surface area (Å²) in [5, 5.41) is 5.99. The van der Waals surface area contributed by atoms with Crippen molar-refractivity contribution in [2.75, 3.05) is 0 Å². The zero-order valence-electron chi connectivity index (χ0n) is 32.8. The van der Waals surface area contributed by atoms with Crippen LogP contribution in [0, 0.1) is 41.5 Å². The second-order valence-electron chi connectivity index (χ2n) is 12.5. The van der Waals surface area contributed by atoms with Crippen molar-refractivity contribution in [1.82, 2.24) is 9.55 Å². The van der Waals surface area contributed by atoms with Gasteiger partial charge in [0.15, 0.2) is 0 Å². The fourth-order valence-electron chi connectivity index (χ4n) is 5.63. The van der Waals surface area contributed by atoms with Gasteiger partial charge in [0.05, 0.1) is 0 Å². The smallest absolute Gasteiger partial charge is 0.436 e. The van der Waals surface area contributed by atoms with Gasteiger partial charge in [-0.15, -0.1) is 36.4 Å². The number of aryl methyl sites for hydroxylation is 3. The molecular formula is C51H51N3Zr. The van der Waals surface area contributed by atoms with Crippen molar-refractivity contribution in [1.29, 1.82) is 0 Å². The fourth-order valence-corrected chi connectivity index (χ4v) is 5.63. The van der Waals surface area contributed by atoms with Crippen molar-refractivity contribution in [3.05, 3.63) is 242 Å². The molecule has 8 rings (SSSR count). The van der Waals surface area contributed by atoms with Crippen LogP contribution in [0.15, 0.2) is 182 Å². The molecule has 0 saturated carbocycles. The summed E-state index contributed by atoms with van der Waals surface area (Å²) in [5.74, 6) is 0.724. The second kappa shape index (κ2) is 23.2. The molecule has 2 aromatic heterocycles. The molecule has 0 radical (unpaired) electrons. The third-order valence-corrected chi connectivity index (χ3v) is 8.14. The molecule has 3 nitrogen and oxygen atoms in total. The van der Waals surface area contributed by atoms with E-state index in [1.807, 2.05) is 117 Å². The average molecular weight is 797 g/mol. The molecule has 4 heteroatoms. The van der Waals surface area contributed by atoms with E-state index >= 15 is 0 Å². The van der Waals surface area contributed by atoms with Crippen molar-refractivity contribution >= 4 is 22.5 Å². The van der Waals surface area contributed by atoms with E-state index in [1.165, 1.54) is 27.8 Å². The number of benzene rings is 6. The van der Waals surface area contributed by atoms with E-state index in [4.69, 9.17) is 10.3 Å². The summed E-state index contributed by atoms with van der Waals surface area (Å²) in [5.41, 5.74) is 12.2. The minimum atomic E-state index is 0. The third-order valence-electron chi connectivity index (χ3n) is 8.14. The Morgan fingerprint density at radius 1 is 0.491 bits per heavy atom. The Labute approximate surface area is 349 Å². The van der Waals surface area contributed by atoms with Crippen LogP contribution in [0.25, 0.3) is 33.2 Å². The molecular weight excluding hydrogens is 746 g/mol. The molecule has 0 spiro atoms. The van der Waals surface area contributed by atoms with Crippen molar-refractivity contribution in [2.45, 2.75) is 34.6 Å². The Bertz CT molecular complexity index is 2150. The largest absolute Gasteiger partial charge is 4.00 e. The maximum Gasteiger partial charge on any atom is 4.00 e. The summed E-state index contributed by atoms with van der Waals surface area (Å²) in [6, 6.07) is 59.1. The number of fused-ring (bicyclic) bond motifs is 1. The van der Waals surface area contributed by atoms with E-state index in [-0.39, 0.29) is 26.2 Å². The van der Waals surface area contributed by atoms with E-state index in [0.29, 0.717) is 0 Å². The van der Waals surface area contributed by atoms with Gasteiger partial charge in [-0.1, -0.05) is 110 Å². The zero-order chi connectivity index (χ0) is 38.7. The zero-order valence-corrected chi connectivity index (χ0v) is 35.2. The molecule has 0 bridgehead atoms. The van der Waals surface area contributed by atoms with Gasteiger partial charge < -0.3 is 14.9 Å². The average Bonchev–Trinajstić information content (AvgIpc) is 3.63. The summed E-state index contributed by atoms with van der Waals surface area (Å²) in [4.78, 5) is 4.91. The normalized spacial score (nSPS) is 9.62. The Hall–Kier alpha value is -5.70. The van der Waals surface area contributed by atoms with Crippen LogP contribution in [0.3, 0.4) is 0 Å². The van der Waals surface area contributed by atoms with Gasteiger partial charge in [-0.2, -0.15) is 73.9 Å². The van der Waals surface area contributed by atoms with Crippen molar-refractivity contribution in [3.8, 4) is 16.8 Å². The third kappa shape index (κ3) is 13.9. The monoisotopic (exact) mass is 795 g/mol. The standard InChI is InChI=1S/C28H24N3.3C7H7.C2H6.Zr/c1-19-16-20(2)27(21(3)17-19)29-26-13-12-23-14-15-31(28(23)30-26)25-11-7-10-24(18-25)22-8-5-4-6-9-22;3*1-7-5-3-2-4-6-7;1-2;/h4-18H,1-3H3;3*2-6H,1H2;1-2H3;/q4*-1;;+4. The molecule has 274 valence electrons. The SMILES string of the molecule is CC.Cc1cc(C)c([N-]c2ccc3ccn(-c4cccc(-c5ccccc5)c4)c3n2)c(C)c1.[CH2-]c1ccccc1.[CH2-]c1ccccc1.[CH2-]c1ccccc1.[Zr+4]. The molecule has 0 fully saturated rings. The molecule has 55 heavy (non-hydrogen) atoms. The first kappa shape index (κ1) is 43.7. The van der Waals surface area contributed by atoms with E-state index in [0.717, 1.165) is 44.9 Å². The number of hydrogen-bond acceptors (Lipinski definition) is 1. The van der Waals surface area contributed by atoms with Crippen LogP contribution in [-0.4, -0.2) is 9.55 Å². The van der Waals surface area contributed by atoms with Gasteiger partial charge in [0.2, 0.25) is 0 Å². The van der Waals surface area contributed by atoms with Crippen LogP contribution in [0.1, 0.15) is 47.2 Å². The summed E-state index contributed by atoms with van der Waals surface area (Å²) < 4.78 is 2.13. The quantitative estimate of drug-likeness (QED) is 0.163. The molecule has 0 saturated heterocycles. The van der Waals surface area contributed by atoms with Crippen LogP contribution in [0.5, 0.6) is 0 Å². The number of aromatic nitrogens is 2. The fraction of sp³-hybridized carbons (Fsp3) is 0.0980. The second-order valence-corrected chi connectivity index (χ2v) is 12.5. The molecule has 0 unspecified atom stereocenters. The predicted octanol–water partition coefficient (Wildman–Crippen LogP) is 14.6.